The molecule has 0 aliphatic carbocycles. The van der Waals surface area contributed by atoms with Crippen molar-refractivity contribution in [3.63, 3.8) is 0 Å². The number of hydrogen-bond acceptors (Lipinski definition) is 0. The maximum Gasteiger partial charge on any atom is 0.0625 e. The summed E-state index contributed by atoms with van der Waals surface area (Å²) < 4.78 is 4.77. The largest absolute Gasteiger partial charge is 0.317 e. The molecule has 9 aromatic carbocycles. The summed E-state index contributed by atoms with van der Waals surface area (Å²) in [5.41, 5.74) is 10.9. The highest BCUT2D eigenvalue weighted by Gasteiger charge is 2.20. The van der Waals surface area contributed by atoms with Crippen molar-refractivity contribution >= 4 is 65.0 Å². The van der Waals surface area contributed by atoms with Crippen LogP contribution in [-0.4, -0.2) is 9.13 Å². The minimum Gasteiger partial charge on any atom is -0.317 e. The molecular weight excluding hydrogens is 629 g/mol. The zero-order chi connectivity index (χ0) is 34.2. The maximum atomic E-state index is 2.49. The van der Waals surface area contributed by atoms with Gasteiger partial charge in [0.05, 0.1) is 16.6 Å². The lowest BCUT2D eigenvalue weighted by Gasteiger charge is -2.13. The van der Waals surface area contributed by atoms with Gasteiger partial charge in [-0.05, 0) is 104 Å². The Labute approximate surface area is 301 Å². The van der Waals surface area contributed by atoms with Gasteiger partial charge in [0.15, 0.2) is 0 Å². The van der Waals surface area contributed by atoms with E-state index in [1.54, 1.807) is 0 Å². The summed E-state index contributed by atoms with van der Waals surface area (Å²) in [5.74, 6) is 0. The number of aromatic nitrogens is 2. The van der Waals surface area contributed by atoms with Crippen molar-refractivity contribution in [3.05, 3.63) is 194 Å². The molecule has 242 valence electrons. The zero-order valence-electron chi connectivity index (χ0n) is 28.4. The number of benzene rings is 9. The predicted octanol–water partition coefficient (Wildman–Crippen LogP) is 13.5. The second-order valence-corrected chi connectivity index (χ2v) is 13.8. The van der Waals surface area contributed by atoms with E-state index < -0.39 is 0 Å². The maximum absolute atomic E-state index is 2.49. The minimum absolute atomic E-state index is 1.16. The van der Waals surface area contributed by atoms with E-state index in [1.807, 2.05) is 0 Å². The third-order valence-electron chi connectivity index (χ3n) is 10.9. The smallest absolute Gasteiger partial charge is 0.0625 e. The number of hydrogen-bond donors (Lipinski definition) is 0. The van der Waals surface area contributed by atoms with Crippen LogP contribution >= 0.6 is 0 Å². The van der Waals surface area contributed by atoms with Gasteiger partial charge >= 0.3 is 0 Å². The lowest BCUT2D eigenvalue weighted by atomic mass is 9.95. The molecule has 0 saturated heterocycles. The Bertz CT molecular complexity index is 3160. The average molecular weight is 661 g/mol. The average Bonchev–Trinajstić information content (AvgIpc) is 3.80. The van der Waals surface area contributed by atoms with Crippen molar-refractivity contribution in [1.29, 1.82) is 0 Å². The fourth-order valence-corrected chi connectivity index (χ4v) is 8.44. The predicted molar refractivity (Wildman–Crippen MR) is 221 cm³/mol. The second kappa shape index (κ2) is 11.3. The Hall–Kier alpha value is -6.90. The van der Waals surface area contributed by atoms with Crippen molar-refractivity contribution < 1.29 is 0 Å². The molecule has 0 atom stereocenters. The van der Waals surface area contributed by atoms with Crippen LogP contribution in [0.2, 0.25) is 0 Å². The molecule has 0 saturated carbocycles. The molecule has 2 heterocycles. The number of rotatable bonds is 4. The van der Waals surface area contributed by atoms with Gasteiger partial charge in [0, 0.05) is 39.1 Å². The monoisotopic (exact) mass is 660 g/mol. The first-order chi connectivity index (χ1) is 25.8. The highest BCUT2D eigenvalue weighted by atomic mass is 15.0. The van der Waals surface area contributed by atoms with Crippen LogP contribution in [-0.2, 0) is 0 Å². The van der Waals surface area contributed by atoms with Crippen LogP contribution in [0.4, 0.5) is 0 Å². The van der Waals surface area contributed by atoms with Crippen LogP contribution in [0.1, 0.15) is 0 Å². The SMILES string of the molecule is c1ccc(-c2ccc(-n3ccc4cc(-c5ccc6c(c5)c5c7ccccc7c7ccccc7c5n6-c5ccc6ccccc6c5)ccc43)cc2)cc1. The van der Waals surface area contributed by atoms with Gasteiger partial charge in [0.2, 0.25) is 0 Å². The minimum atomic E-state index is 1.16. The summed E-state index contributed by atoms with van der Waals surface area (Å²) in [6, 6.07) is 68.8. The molecule has 0 N–H and O–H groups in total. The first-order valence-electron chi connectivity index (χ1n) is 17.9. The van der Waals surface area contributed by atoms with E-state index in [9.17, 15) is 0 Å². The standard InChI is InChI=1S/C50H32N2/c1-2-10-33(11-3-1)35-18-23-40(24-19-35)51-29-28-39-30-37(21-26-47(39)51)38-22-27-48-46(32-38)49-44-16-8-6-14-42(44)43-15-7-9-17-45(43)50(49)52(48)41-25-20-34-12-4-5-13-36(34)31-41/h1-32H. The Morgan fingerprint density at radius 2 is 0.904 bits per heavy atom. The van der Waals surface area contributed by atoms with Crippen LogP contribution in [0.3, 0.4) is 0 Å². The highest BCUT2D eigenvalue weighted by Crippen LogP contribution is 2.44. The summed E-state index contributed by atoms with van der Waals surface area (Å²) in [6.45, 7) is 0. The topological polar surface area (TPSA) is 9.86 Å². The number of fused-ring (bicyclic) bond motifs is 10. The van der Waals surface area contributed by atoms with Crippen LogP contribution in [0.25, 0.3) is 98.7 Å². The van der Waals surface area contributed by atoms with Crippen molar-refractivity contribution in [3.8, 4) is 33.6 Å². The van der Waals surface area contributed by atoms with Crippen LogP contribution in [0.15, 0.2) is 194 Å². The first-order valence-corrected chi connectivity index (χ1v) is 17.9. The summed E-state index contributed by atoms with van der Waals surface area (Å²) in [5, 5.41) is 11.4. The molecule has 0 unspecified atom stereocenters. The van der Waals surface area contributed by atoms with E-state index in [4.69, 9.17) is 0 Å². The van der Waals surface area contributed by atoms with Gasteiger partial charge < -0.3 is 9.13 Å². The van der Waals surface area contributed by atoms with Crippen molar-refractivity contribution in [2.24, 2.45) is 0 Å². The summed E-state index contributed by atoms with van der Waals surface area (Å²) >= 11 is 0. The lowest BCUT2D eigenvalue weighted by Crippen LogP contribution is -1.95. The third-order valence-corrected chi connectivity index (χ3v) is 10.9. The number of nitrogens with zero attached hydrogens (tertiary/aromatic N) is 2. The first kappa shape index (κ1) is 28.9. The molecule has 0 aliphatic rings. The Kier molecular flexibility index (Phi) is 6.28. The van der Waals surface area contributed by atoms with E-state index in [-0.39, 0.29) is 0 Å². The molecule has 0 radical (unpaired) electrons. The molecule has 2 heteroatoms. The lowest BCUT2D eigenvalue weighted by molar-refractivity contribution is 1.13. The molecule has 0 spiro atoms. The molecule has 0 amide bonds. The van der Waals surface area contributed by atoms with Crippen LogP contribution < -0.4 is 0 Å². The fourth-order valence-electron chi connectivity index (χ4n) is 8.44. The summed E-state index contributed by atoms with van der Waals surface area (Å²) in [4.78, 5) is 0. The Balaban J connectivity index is 1.10. The third kappa shape index (κ3) is 4.38. The van der Waals surface area contributed by atoms with Gasteiger partial charge in [-0.15, -0.1) is 0 Å². The van der Waals surface area contributed by atoms with E-state index in [1.165, 1.54) is 93.0 Å². The van der Waals surface area contributed by atoms with Gasteiger partial charge in [0.1, 0.15) is 0 Å². The molecule has 0 fully saturated rings. The van der Waals surface area contributed by atoms with E-state index in [2.05, 4.69) is 203 Å². The van der Waals surface area contributed by atoms with Gasteiger partial charge in [-0.3, -0.25) is 0 Å². The van der Waals surface area contributed by atoms with E-state index in [0.717, 1.165) is 5.69 Å². The van der Waals surface area contributed by atoms with Gasteiger partial charge in [0.25, 0.3) is 0 Å². The molecule has 2 aromatic heterocycles. The van der Waals surface area contributed by atoms with Crippen LogP contribution in [0.5, 0.6) is 0 Å². The molecule has 11 aromatic rings. The van der Waals surface area contributed by atoms with Crippen molar-refractivity contribution in [2.45, 2.75) is 0 Å². The van der Waals surface area contributed by atoms with E-state index in [0.29, 0.717) is 0 Å². The van der Waals surface area contributed by atoms with E-state index >= 15 is 0 Å². The van der Waals surface area contributed by atoms with Crippen molar-refractivity contribution in [2.75, 3.05) is 0 Å². The quantitative estimate of drug-likeness (QED) is 0.166. The van der Waals surface area contributed by atoms with Crippen molar-refractivity contribution in [1.82, 2.24) is 9.13 Å². The molecular formula is C50H32N2. The Morgan fingerprint density at radius 1 is 0.308 bits per heavy atom. The van der Waals surface area contributed by atoms with Gasteiger partial charge in [-0.1, -0.05) is 133 Å². The van der Waals surface area contributed by atoms with Crippen LogP contribution in [0, 0.1) is 0 Å². The summed E-state index contributed by atoms with van der Waals surface area (Å²) in [7, 11) is 0. The normalized spacial score (nSPS) is 11.8. The second-order valence-electron chi connectivity index (χ2n) is 13.8. The van der Waals surface area contributed by atoms with Gasteiger partial charge in [-0.25, -0.2) is 0 Å². The molecule has 0 bridgehead atoms. The fraction of sp³-hybridized carbons (Fsp3) is 0. The van der Waals surface area contributed by atoms with Gasteiger partial charge in [-0.2, -0.15) is 0 Å². The zero-order valence-corrected chi connectivity index (χ0v) is 28.4. The Morgan fingerprint density at radius 3 is 1.71 bits per heavy atom. The summed E-state index contributed by atoms with van der Waals surface area (Å²) in [6.07, 6.45) is 2.18. The highest BCUT2D eigenvalue weighted by molar-refractivity contribution is 6.32. The molecule has 2 nitrogen and oxygen atoms in total. The molecule has 52 heavy (non-hydrogen) atoms. The molecule has 11 rings (SSSR count). The molecule has 0 aliphatic heterocycles.